The van der Waals surface area contributed by atoms with Gasteiger partial charge in [0.15, 0.2) is 5.69 Å². The highest BCUT2D eigenvalue weighted by Gasteiger charge is 2.30. The van der Waals surface area contributed by atoms with E-state index in [-0.39, 0.29) is 18.1 Å². The van der Waals surface area contributed by atoms with Crippen LogP contribution in [0.2, 0.25) is 0 Å². The second-order valence-corrected chi connectivity index (χ2v) is 5.73. The SMILES string of the molecule is CC(C)(C)c1c(C(=O)O)nnn1CC(=O)N1CCC1. The molecular formula is C12H18N4O3. The van der Waals surface area contributed by atoms with Gasteiger partial charge >= 0.3 is 5.97 Å². The monoisotopic (exact) mass is 266 g/mol. The maximum Gasteiger partial charge on any atom is 0.358 e. The summed E-state index contributed by atoms with van der Waals surface area (Å²) in [6.07, 6.45) is 1.02. The summed E-state index contributed by atoms with van der Waals surface area (Å²) in [7, 11) is 0. The van der Waals surface area contributed by atoms with E-state index in [1.54, 1.807) is 4.90 Å². The fraction of sp³-hybridized carbons (Fsp3) is 0.667. The molecule has 1 aliphatic heterocycles. The molecule has 1 aromatic rings. The van der Waals surface area contributed by atoms with Gasteiger partial charge in [-0.15, -0.1) is 5.10 Å². The maximum atomic E-state index is 11.9. The predicted molar refractivity (Wildman–Crippen MR) is 66.9 cm³/mol. The van der Waals surface area contributed by atoms with E-state index in [2.05, 4.69) is 10.3 Å². The quantitative estimate of drug-likeness (QED) is 0.861. The molecule has 1 aliphatic rings. The van der Waals surface area contributed by atoms with Gasteiger partial charge in [-0.2, -0.15) is 0 Å². The van der Waals surface area contributed by atoms with Crippen molar-refractivity contribution in [1.82, 2.24) is 19.9 Å². The second kappa shape index (κ2) is 4.64. The Morgan fingerprint density at radius 2 is 1.95 bits per heavy atom. The molecule has 1 aromatic heterocycles. The molecule has 104 valence electrons. The Kier molecular flexibility index (Phi) is 3.30. The molecule has 1 saturated heterocycles. The van der Waals surface area contributed by atoms with Gasteiger partial charge in [0.05, 0.1) is 5.69 Å². The lowest BCUT2D eigenvalue weighted by molar-refractivity contribution is -0.135. The molecule has 0 radical (unpaired) electrons. The van der Waals surface area contributed by atoms with Gasteiger partial charge in [0, 0.05) is 18.5 Å². The minimum Gasteiger partial charge on any atom is -0.476 e. The van der Waals surface area contributed by atoms with E-state index >= 15 is 0 Å². The summed E-state index contributed by atoms with van der Waals surface area (Å²) < 4.78 is 1.41. The number of carboxylic acids is 1. The smallest absolute Gasteiger partial charge is 0.358 e. The summed E-state index contributed by atoms with van der Waals surface area (Å²) >= 11 is 0. The number of hydrogen-bond donors (Lipinski definition) is 1. The predicted octanol–water partition coefficient (Wildman–Crippen LogP) is 0.506. The number of aromatic carboxylic acids is 1. The van der Waals surface area contributed by atoms with E-state index in [1.807, 2.05) is 20.8 Å². The number of carbonyl (C=O) groups excluding carboxylic acids is 1. The Hall–Kier alpha value is -1.92. The number of hydrogen-bond acceptors (Lipinski definition) is 4. The third kappa shape index (κ3) is 2.59. The first-order chi connectivity index (χ1) is 8.80. The Morgan fingerprint density at radius 1 is 1.32 bits per heavy atom. The molecule has 1 amide bonds. The molecule has 2 rings (SSSR count). The minimum atomic E-state index is -1.12. The van der Waals surface area contributed by atoms with E-state index in [1.165, 1.54) is 4.68 Å². The first kappa shape index (κ1) is 13.5. The van der Waals surface area contributed by atoms with Crippen LogP contribution < -0.4 is 0 Å². The van der Waals surface area contributed by atoms with E-state index in [0.717, 1.165) is 19.5 Å². The number of aromatic nitrogens is 3. The lowest BCUT2D eigenvalue weighted by atomic mass is 9.90. The van der Waals surface area contributed by atoms with E-state index in [4.69, 9.17) is 5.11 Å². The molecule has 1 N–H and O–H groups in total. The lowest BCUT2D eigenvalue weighted by Crippen LogP contribution is -2.44. The number of amides is 1. The second-order valence-electron chi connectivity index (χ2n) is 5.73. The first-order valence-corrected chi connectivity index (χ1v) is 6.25. The minimum absolute atomic E-state index is 0.0430. The Morgan fingerprint density at radius 3 is 2.37 bits per heavy atom. The molecule has 7 heteroatoms. The van der Waals surface area contributed by atoms with Gasteiger partial charge in [0.2, 0.25) is 5.91 Å². The van der Waals surface area contributed by atoms with Crippen LogP contribution in [0.5, 0.6) is 0 Å². The van der Waals surface area contributed by atoms with Gasteiger partial charge in [-0.25, -0.2) is 9.48 Å². The number of rotatable bonds is 3. The highest BCUT2D eigenvalue weighted by molar-refractivity contribution is 5.87. The van der Waals surface area contributed by atoms with Gasteiger partial charge < -0.3 is 10.0 Å². The van der Waals surface area contributed by atoms with Crippen LogP contribution in [0.1, 0.15) is 43.4 Å². The molecule has 7 nitrogen and oxygen atoms in total. The van der Waals surface area contributed by atoms with Crippen LogP contribution in [-0.4, -0.2) is 50.0 Å². The molecule has 19 heavy (non-hydrogen) atoms. The molecule has 0 unspecified atom stereocenters. The van der Waals surface area contributed by atoms with Gasteiger partial charge in [-0.05, 0) is 6.42 Å². The van der Waals surface area contributed by atoms with Crippen molar-refractivity contribution in [2.45, 2.75) is 39.2 Å². The topological polar surface area (TPSA) is 88.3 Å². The third-order valence-electron chi connectivity index (χ3n) is 3.14. The van der Waals surface area contributed by atoms with E-state index < -0.39 is 11.4 Å². The molecule has 0 saturated carbocycles. The van der Waals surface area contributed by atoms with Crippen molar-refractivity contribution in [2.24, 2.45) is 0 Å². The van der Waals surface area contributed by atoms with Crippen LogP contribution in [0.15, 0.2) is 0 Å². The zero-order valence-corrected chi connectivity index (χ0v) is 11.4. The summed E-state index contributed by atoms with van der Waals surface area (Å²) in [5, 5.41) is 16.6. The van der Waals surface area contributed by atoms with E-state index in [0.29, 0.717) is 5.69 Å². The largest absolute Gasteiger partial charge is 0.476 e. The van der Waals surface area contributed by atoms with Crippen LogP contribution in [0.3, 0.4) is 0 Å². The highest BCUT2D eigenvalue weighted by atomic mass is 16.4. The molecule has 0 atom stereocenters. The molecule has 0 aromatic carbocycles. The van der Waals surface area contributed by atoms with Crippen molar-refractivity contribution in [1.29, 1.82) is 0 Å². The zero-order chi connectivity index (χ0) is 14.2. The number of likely N-dealkylation sites (tertiary alicyclic amines) is 1. The first-order valence-electron chi connectivity index (χ1n) is 6.25. The molecule has 0 spiro atoms. The van der Waals surface area contributed by atoms with Crippen LogP contribution in [0.25, 0.3) is 0 Å². The van der Waals surface area contributed by atoms with Crippen molar-refractivity contribution < 1.29 is 14.7 Å². The number of carboxylic acid groups (broad SMARTS) is 1. The summed E-state index contributed by atoms with van der Waals surface area (Å²) in [4.78, 5) is 24.8. The summed E-state index contributed by atoms with van der Waals surface area (Å²) in [5.74, 6) is -1.16. The normalized spacial score (nSPS) is 15.2. The Balaban J connectivity index is 2.29. The van der Waals surface area contributed by atoms with Crippen LogP contribution >= 0.6 is 0 Å². The van der Waals surface area contributed by atoms with Crippen molar-refractivity contribution >= 4 is 11.9 Å². The molecule has 0 bridgehead atoms. The molecule has 0 aliphatic carbocycles. The van der Waals surface area contributed by atoms with Crippen molar-refractivity contribution in [3.63, 3.8) is 0 Å². The van der Waals surface area contributed by atoms with Crippen molar-refractivity contribution in [3.05, 3.63) is 11.4 Å². The summed E-state index contributed by atoms with van der Waals surface area (Å²) in [6, 6.07) is 0. The Bertz CT molecular complexity index is 512. The van der Waals surface area contributed by atoms with Crippen LogP contribution in [-0.2, 0) is 16.8 Å². The molecule has 2 heterocycles. The van der Waals surface area contributed by atoms with Crippen molar-refractivity contribution in [3.8, 4) is 0 Å². The Labute approximate surface area is 111 Å². The fourth-order valence-electron chi connectivity index (χ4n) is 2.10. The number of carbonyl (C=O) groups is 2. The summed E-state index contributed by atoms with van der Waals surface area (Å²) in [6.45, 7) is 7.22. The number of nitrogens with zero attached hydrogens (tertiary/aromatic N) is 4. The van der Waals surface area contributed by atoms with Gasteiger partial charge in [-0.1, -0.05) is 26.0 Å². The fourth-order valence-corrected chi connectivity index (χ4v) is 2.10. The highest BCUT2D eigenvalue weighted by Crippen LogP contribution is 2.25. The lowest BCUT2D eigenvalue weighted by Gasteiger charge is -2.31. The van der Waals surface area contributed by atoms with Crippen LogP contribution in [0.4, 0.5) is 0 Å². The third-order valence-corrected chi connectivity index (χ3v) is 3.14. The zero-order valence-electron chi connectivity index (χ0n) is 11.4. The molecular weight excluding hydrogens is 248 g/mol. The summed E-state index contributed by atoms with van der Waals surface area (Å²) in [5.41, 5.74) is -0.0373. The van der Waals surface area contributed by atoms with Gasteiger partial charge in [-0.3, -0.25) is 4.79 Å². The van der Waals surface area contributed by atoms with Gasteiger partial charge in [0.25, 0.3) is 0 Å². The maximum absolute atomic E-state index is 11.9. The standard InChI is InChI=1S/C12H18N4O3/c1-12(2,3)10-9(11(18)19)13-14-16(10)7-8(17)15-5-4-6-15/h4-7H2,1-3H3,(H,18,19). The average molecular weight is 266 g/mol. The van der Waals surface area contributed by atoms with Crippen LogP contribution in [0, 0.1) is 0 Å². The van der Waals surface area contributed by atoms with Gasteiger partial charge in [0.1, 0.15) is 6.54 Å². The molecule has 1 fully saturated rings. The van der Waals surface area contributed by atoms with E-state index in [9.17, 15) is 9.59 Å². The average Bonchev–Trinajstić information content (AvgIpc) is 2.57. The van der Waals surface area contributed by atoms with Crippen molar-refractivity contribution in [2.75, 3.05) is 13.1 Å².